The van der Waals surface area contributed by atoms with Crippen LogP contribution >= 0.6 is 0 Å². The number of carbonyl (C=O) groups is 1. The second-order valence-electron chi connectivity index (χ2n) is 19.6. The van der Waals surface area contributed by atoms with Gasteiger partial charge in [0.25, 0.3) is 0 Å². The van der Waals surface area contributed by atoms with E-state index in [9.17, 15) is 50.8 Å². The molecule has 3 rings (SSSR count). The Balaban J connectivity index is 1.69. The fourth-order valence-corrected chi connectivity index (χ4v) is 9.74. The number of aliphatic hydroxyl groups excluding tert-OH is 8. The van der Waals surface area contributed by atoms with E-state index in [0.717, 1.165) is 38.5 Å². The Labute approximate surface area is 396 Å². The molecule has 0 unspecified atom stereocenters. The summed E-state index contributed by atoms with van der Waals surface area (Å²) in [5.74, 6) is -2.49. The van der Waals surface area contributed by atoms with Crippen molar-refractivity contribution in [1.29, 1.82) is 0 Å². The van der Waals surface area contributed by atoms with Crippen LogP contribution in [0.3, 0.4) is 0 Å². The highest BCUT2D eigenvalue weighted by atomic mass is 16.8. The second kappa shape index (κ2) is 34.3. The van der Waals surface area contributed by atoms with Gasteiger partial charge in [0, 0.05) is 5.92 Å². The molecule has 0 aromatic heterocycles. The average Bonchev–Trinajstić information content (AvgIpc) is 3.30. The van der Waals surface area contributed by atoms with Gasteiger partial charge in [0.2, 0.25) is 0 Å². The molecular weight excluding hydrogens is 857 g/mol. The largest absolute Gasteiger partial charge is 0.481 e. The van der Waals surface area contributed by atoms with E-state index in [1.807, 2.05) is 0 Å². The summed E-state index contributed by atoms with van der Waals surface area (Å²) in [4.78, 5) is 11.7. The maximum atomic E-state index is 12.0. The lowest BCUT2D eigenvalue weighted by atomic mass is 9.86. The molecule has 0 bridgehead atoms. The van der Waals surface area contributed by atoms with E-state index in [2.05, 4.69) is 13.8 Å². The summed E-state index contributed by atoms with van der Waals surface area (Å²) in [6.45, 7) is 4.75. The highest BCUT2D eigenvalue weighted by Gasteiger charge is 2.54. The number of unbranched alkanes of at least 4 members (excludes halogenated alkanes) is 22. The summed E-state index contributed by atoms with van der Waals surface area (Å²) < 4.78 is 36.2. The number of hydrogen-bond acceptors (Lipinski definition) is 15. The van der Waals surface area contributed by atoms with Crippen molar-refractivity contribution < 1.29 is 79.2 Å². The standard InChI is InChI=1S/C50H94O16/c1-4-6-8-10-12-14-16-18-20-22-24-26-28-35(29-27-25-23-21-19-17-15-13-11-9-7-5-2)33-61-48-45(60)47(66-50-44(59)43(58)40(55)34(3)62-50)46(38(32-52)64-48)65-49-42(57)36(30-39(53)54)41(56)37(31-51)63-49/h34-38,40-52,55-60H,4-33H2,1-3H3,(H,53,54)/t34-,36-,37+,38+,40+,41+,42+,43+,44-,45+,46+,47+,48+,49-,50-/m0/s1. The molecule has 3 heterocycles. The molecule has 0 saturated carbocycles. The molecule has 0 radical (unpaired) electrons. The van der Waals surface area contributed by atoms with Gasteiger partial charge in [0.05, 0.1) is 38.4 Å². The fourth-order valence-electron chi connectivity index (χ4n) is 9.74. The summed E-state index contributed by atoms with van der Waals surface area (Å²) in [6.07, 6.45) is 9.92. The summed E-state index contributed by atoms with van der Waals surface area (Å²) in [5.41, 5.74) is 0. The quantitative estimate of drug-likeness (QED) is 0.0324. The zero-order valence-electron chi connectivity index (χ0n) is 40.8. The highest BCUT2D eigenvalue weighted by molar-refractivity contribution is 5.67. The lowest BCUT2D eigenvalue weighted by Crippen LogP contribution is -2.66. The zero-order valence-corrected chi connectivity index (χ0v) is 40.8. The van der Waals surface area contributed by atoms with Crippen LogP contribution in [0.15, 0.2) is 0 Å². The van der Waals surface area contributed by atoms with Crippen LogP contribution in [-0.2, 0) is 33.2 Å². The summed E-state index contributed by atoms with van der Waals surface area (Å²) >= 11 is 0. The van der Waals surface area contributed by atoms with Crippen molar-refractivity contribution in [2.24, 2.45) is 11.8 Å². The minimum absolute atomic E-state index is 0.160. The Morgan fingerprint density at radius 1 is 0.485 bits per heavy atom. The molecule has 3 fully saturated rings. The van der Waals surface area contributed by atoms with Crippen molar-refractivity contribution in [1.82, 2.24) is 0 Å². The topological polar surface area (TPSA) is 255 Å². The predicted octanol–water partition coefficient (Wildman–Crippen LogP) is 6.01. The van der Waals surface area contributed by atoms with Crippen molar-refractivity contribution in [2.45, 2.75) is 280 Å². The SMILES string of the molecule is CCCCCCCCCCCCCCC(CCCCCCCCCCCCCC)CO[C@@H]1O[C@H](CO)[C@@H](O[C@@H]2O[C@H](CO)[C@H](O)[C@H](CC(=O)O)[C@H]2O)[C@H](O[C@@H]2O[C@@H](C)[C@@H](O)[C@@H](O)[C@@H]2O)[C@H]1O. The van der Waals surface area contributed by atoms with Crippen molar-refractivity contribution in [3.63, 3.8) is 0 Å². The molecule has 0 aromatic rings. The van der Waals surface area contributed by atoms with Crippen LogP contribution in [-0.4, -0.2) is 158 Å². The molecule has 16 heteroatoms. The van der Waals surface area contributed by atoms with E-state index in [1.165, 1.54) is 135 Å². The van der Waals surface area contributed by atoms with Gasteiger partial charge in [-0.2, -0.15) is 0 Å². The van der Waals surface area contributed by atoms with Crippen molar-refractivity contribution in [3.05, 3.63) is 0 Å². The molecule has 390 valence electrons. The van der Waals surface area contributed by atoms with Crippen LogP contribution in [0.1, 0.15) is 194 Å². The Kier molecular flexibility index (Phi) is 30.7. The second-order valence-corrected chi connectivity index (χ2v) is 19.6. The molecule has 0 aliphatic carbocycles. The Morgan fingerprint density at radius 3 is 1.36 bits per heavy atom. The lowest BCUT2D eigenvalue weighted by molar-refractivity contribution is -0.384. The van der Waals surface area contributed by atoms with E-state index in [0.29, 0.717) is 0 Å². The predicted molar refractivity (Wildman–Crippen MR) is 248 cm³/mol. The van der Waals surface area contributed by atoms with Crippen LogP contribution in [0.4, 0.5) is 0 Å². The molecule has 0 amide bonds. The van der Waals surface area contributed by atoms with E-state index < -0.39 is 118 Å². The van der Waals surface area contributed by atoms with Crippen molar-refractivity contribution in [3.8, 4) is 0 Å². The van der Waals surface area contributed by atoms with Gasteiger partial charge in [-0.3, -0.25) is 4.79 Å². The van der Waals surface area contributed by atoms with Gasteiger partial charge in [-0.05, 0) is 25.7 Å². The molecule has 15 atom stereocenters. The number of aliphatic carboxylic acids is 1. The first-order valence-electron chi connectivity index (χ1n) is 26.3. The molecule has 3 aliphatic rings. The first kappa shape index (κ1) is 59.2. The van der Waals surface area contributed by atoms with Gasteiger partial charge in [-0.1, -0.05) is 168 Å². The van der Waals surface area contributed by atoms with E-state index in [1.54, 1.807) is 0 Å². The third kappa shape index (κ3) is 20.7. The average molecular weight is 951 g/mol. The van der Waals surface area contributed by atoms with Crippen LogP contribution in [0.5, 0.6) is 0 Å². The summed E-state index contributed by atoms with van der Waals surface area (Å²) in [5, 5.41) is 96.0. The number of hydrogen-bond donors (Lipinski definition) is 9. The summed E-state index contributed by atoms with van der Waals surface area (Å²) in [6, 6.07) is 0. The van der Waals surface area contributed by atoms with Gasteiger partial charge < -0.3 is 74.4 Å². The molecule has 66 heavy (non-hydrogen) atoms. The molecule has 3 aliphatic heterocycles. The van der Waals surface area contributed by atoms with Gasteiger partial charge in [0.1, 0.15) is 54.9 Å². The first-order chi connectivity index (χ1) is 31.9. The Hall–Kier alpha value is -1.09. The van der Waals surface area contributed by atoms with Gasteiger partial charge in [-0.15, -0.1) is 0 Å². The molecule has 0 spiro atoms. The monoisotopic (exact) mass is 951 g/mol. The third-order valence-electron chi connectivity index (χ3n) is 14.0. The minimum Gasteiger partial charge on any atom is -0.481 e. The normalized spacial score (nSPS) is 32.9. The zero-order chi connectivity index (χ0) is 48.3. The number of aliphatic hydroxyl groups is 8. The molecule has 3 saturated heterocycles. The van der Waals surface area contributed by atoms with Crippen molar-refractivity contribution >= 4 is 5.97 Å². The van der Waals surface area contributed by atoms with Crippen LogP contribution in [0.2, 0.25) is 0 Å². The van der Waals surface area contributed by atoms with Crippen LogP contribution < -0.4 is 0 Å². The van der Waals surface area contributed by atoms with Crippen LogP contribution in [0.25, 0.3) is 0 Å². The molecular formula is C50H94O16. The van der Waals surface area contributed by atoms with E-state index in [-0.39, 0.29) is 12.5 Å². The van der Waals surface area contributed by atoms with Gasteiger partial charge >= 0.3 is 5.97 Å². The maximum Gasteiger partial charge on any atom is 0.303 e. The van der Waals surface area contributed by atoms with E-state index >= 15 is 0 Å². The molecule has 0 aromatic carbocycles. The summed E-state index contributed by atoms with van der Waals surface area (Å²) in [7, 11) is 0. The van der Waals surface area contributed by atoms with Gasteiger partial charge in [0.15, 0.2) is 18.9 Å². The lowest BCUT2D eigenvalue weighted by Gasteiger charge is -2.49. The maximum absolute atomic E-state index is 12.0. The Bertz CT molecular complexity index is 1190. The van der Waals surface area contributed by atoms with Crippen molar-refractivity contribution in [2.75, 3.05) is 19.8 Å². The highest BCUT2D eigenvalue weighted by Crippen LogP contribution is 2.36. The smallest absolute Gasteiger partial charge is 0.303 e. The van der Waals surface area contributed by atoms with E-state index in [4.69, 9.17) is 28.4 Å². The number of ether oxygens (including phenoxy) is 6. The fraction of sp³-hybridized carbons (Fsp3) is 0.980. The Morgan fingerprint density at radius 2 is 0.909 bits per heavy atom. The third-order valence-corrected chi connectivity index (χ3v) is 14.0. The number of carboxylic acid groups (broad SMARTS) is 1. The molecule has 9 N–H and O–H groups in total. The minimum atomic E-state index is -1.78. The molecule has 16 nitrogen and oxygen atoms in total. The first-order valence-corrected chi connectivity index (χ1v) is 26.3. The number of carboxylic acids is 1. The number of rotatable bonds is 37. The van der Waals surface area contributed by atoms with Crippen LogP contribution in [0, 0.1) is 11.8 Å². The van der Waals surface area contributed by atoms with Gasteiger partial charge in [-0.25, -0.2) is 0 Å².